The SMILES string of the molecule is O=C(C=Cc1ccc(-c2cccc(Cl)c2Cl)o1)Nc1nc2ccc(F)cc2s1. The monoisotopic (exact) mass is 432 g/mol. The van der Waals surface area contributed by atoms with E-state index in [0.29, 0.717) is 42.5 Å². The lowest BCUT2D eigenvalue weighted by atomic mass is 10.2. The second-order valence-corrected chi connectivity index (χ2v) is 7.57. The highest BCUT2D eigenvalue weighted by molar-refractivity contribution is 7.22. The van der Waals surface area contributed by atoms with Gasteiger partial charge in [-0.15, -0.1) is 0 Å². The van der Waals surface area contributed by atoms with Crippen molar-refractivity contribution < 1.29 is 13.6 Å². The van der Waals surface area contributed by atoms with Crippen LogP contribution in [0.15, 0.2) is 59.0 Å². The molecule has 0 fully saturated rings. The fourth-order valence-corrected chi connectivity index (χ4v) is 3.83. The largest absolute Gasteiger partial charge is 0.457 e. The summed E-state index contributed by atoms with van der Waals surface area (Å²) in [6.45, 7) is 0. The first-order chi connectivity index (χ1) is 13.5. The van der Waals surface area contributed by atoms with Crippen LogP contribution in [0.2, 0.25) is 10.0 Å². The maximum atomic E-state index is 13.2. The number of rotatable bonds is 4. The molecule has 4 rings (SSSR count). The number of nitrogens with one attached hydrogen (secondary N) is 1. The van der Waals surface area contributed by atoms with E-state index in [1.807, 2.05) is 0 Å². The van der Waals surface area contributed by atoms with Crippen LogP contribution >= 0.6 is 34.5 Å². The van der Waals surface area contributed by atoms with E-state index in [0.717, 1.165) is 0 Å². The third kappa shape index (κ3) is 3.94. The molecule has 0 spiro atoms. The first kappa shape index (κ1) is 18.7. The number of furan rings is 1. The first-order valence-electron chi connectivity index (χ1n) is 8.09. The molecule has 0 radical (unpaired) electrons. The average Bonchev–Trinajstić information content (AvgIpc) is 3.28. The molecule has 0 aliphatic heterocycles. The molecule has 4 aromatic rings. The van der Waals surface area contributed by atoms with Gasteiger partial charge in [-0.2, -0.15) is 0 Å². The second kappa shape index (κ2) is 7.75. The van der Waals surface area contributed by atoms with Crippen molar-refractivity contribution in [1.29, 1.82) is 0 Å². The maximum Gasteiger partial charge on any atom is 0.250 e. The molecule has 140 valence electrons. The zero-order valence-corrected chi connectivity index (χ0v) is 16.4. The van der Waals surface area contributed by atoms with Crippen LogP contribution in [0.1, 0.15) is 5.76 Å². The Morgan fingerprint density at radius 2 is 2.04 bits per heavy atom. The molecule has 2 heterocycles. The molecule has 1 amide bonds. The highest BCUT2D eigenvalue weighted by Gasteiger charge is 2.11. The Balaban J connectivity index is 1.47. The van der Waals surface area contributed by atoms with Gasteiger partial charge in [-0.25, -0.2) is 9.37 Å². The van der Waals surface area contributed by atoms with Gasteiger partial charge in [0.15, 0.2) is 5.13 Å². The number of fused-ring (bicyclic) bond motifs is 1. The smallest absolute Gasteiger partial charge is 0.250 e. The predicted molar refractivity (Wildman–Crippen MR) is 111 cm³/mol. The van der Waals surface area contributed by atoms with E-state index in [4.69, 9.17) is 27.6 Å². The second-order valence-electron chi connectivity index (χ2n) is 5.76. The molecule has 2 aromatic carbocycles. The summed E-state index contributed by atoms with van der Waals surface area (Å²) >= 11 is 13.4. The number of amides is 1. The summed E-state index contributed by atoms with van der Waals surface area (Å²) in [6.07, 6.45) is 2.86. The number of nitrogens with zero attached hydrogens (tertiary/aromatic N) is 1. The van der Waals surface area contributed by atoms with Crippen LogP contribution in [0, 0.1) is 5.82 Å². The fourth-order valence-electron chi connectivity index (χ4n) is 2.54. The Morgan fingerprint density at radius 3 is 2.89 bits per heavy atom. The third-order valence-electron chi connectivity index (χ3n) is 3.82. The van der Waals surface area contributed by atoms with E-state index in [1.54, 1.807) is 36.4 Å². The molecule has 0 aliphatic rings. The van der Waals surface area contributed by atoms with Crippen LogP contribution in [-0.4, -0.2) is 10.9 Å². The summed E-state index contributed by atoms with van der Waals surface area (Å²) in [5.74, 6) is 0.300. The van der Waals surface area contributed by atoms with Crippen molar-refractivity contribution in [3.05, 3.63) is 76.2 Å². The lowest BCUT2D eigenvalue weighted by molar-refractivity contribution is -0.111. The summed E-state index contributed by atoms with van der Waals surface area (Å²) in [5.41, 5.74) is 1.29. The van der Waals surface area contributed by atoms with Gasteiger partial charge in [0, 0.05) is 11.6 Å². The van der Waals surface area contributed by atoms with Crippen LogP contribution in [0.5, 0.6) is 0 Å². The Bertz CT molecular complexity index is 1220. The number of hydrogen-bond donors (Lipinski definition) is 1. The standard InChI is InChI=1S/C20H11Cl2FN2O2S/c21-14-3-1-2-13(19(14)22)16-8-5-12(27-16)6-9-18(26)25-20-24-15-7-4-11(23)10-17(15)28-20/h1-10H,(H,24,25,26). The van der Waals surface area contributed by atoms with Gasteiger partial charge in [0.1, 0.15) is 17.3 Å². The van der Waals surface area contributed by atoms with E-state index in [-0.39, 0.29) is 11.7 Å². The zero-order valence-electron chi connectivity index (χ0n) is 14.1. The van der Waals surface area contributed by atoms with Gasteiger partial charge < -0.3 is 4.42 Å². The molecule has 2 aromatic heterocycles. The molecule has 0 bridgehead atoms. The van der Waals surface area contributed by atoms with E-state index in [1.165, 1.54) is 35.6 Å². The molecule has 0 saturated carbocycles. The van der Waals surface area contributed by atoms with E-state index < -0.39 is 0 Å². The fraction of sp³-hybridized carbons (Fsp3) is 0. The number of carbonyl (C=O) groups excluding carboxylic acids is 1. The summed E-state index contributed by atoms with van der Waals surface area (Å²) in [5, 5.41) is 3.88. The highest BCUT2D eigenvalue weighted by Crippen LogP contribution is 2.34. The Hall–Kier alpha value is -2.67. The number of halogens is 3. The number of benzene rings is 2. The van der Waals surface area contributed by atoms with Gasteiger partial charge in [-0.1, -0.05) is 40.6 Å². The predicted octanol–water partition coefficient (Wildman–Crippen LogP) is 6.65. The normalized spacial score (nSPS) is 11.4. The van der Waals surface area contributed by atoms with Gasteiger partial charge in [-0.05, 0) is 48.5 Å². The summed E-state index contributed by atoms with van der Waals surface area (Å²) in [6, 6.07) is 13.0. The lowest BCUT2D eigenvalue weighted by Gasteiger charge is -2.01. The molecule has 0 saturated heterocycles. The van der Waals surface area contributed by atoms with Crippen LogP contribution in [0.4, 0.5) is 9.52 Å². The number of thiazole rings is 1. The molecule has 4 nitrogen and oxygen atoms in total. The summed E-state index contributed by atoms with van der Waals surface area (Å²) in [7, 11) is 0. The van der Waals surface area contributed by atoms with Crippen LogP contribution < -0.4 is 5.32 Å². The first-order valence-corrected chi connectivity index (χ1v) is 9.66. The maximum absolute atomic E-state index is 13.2. The van der Waals surface area contributed by atoms with Crippen molar-refractivity contribution in [2.45, 2.75) is 0 Å². The van der Waals surface area contributed by atoms with Crippen molar-refractivity contribution in [2.24, 2.45) is 0 Å². The minimum Gasteiger partial charge on any atom is -0.457 e. The molecule has 8 heteroatoms. The molecule has 1 N–H and O–H groups in total. The van der Waals surface area contributed by atoms with Crippen LogP contribution in [0.25, 0.3) is 27.6 Å². The van der Waals surface area contributed by atoms with Crippen molar-refractivity contribution >= 4 is 61.9 Å². The quantitative estimate of drug-likeness (QED) is 0.367. The Kier molecular flexibility index (Phi) is 5.17. The van der Waals surface area contributed by atoms with Gasteiger partial charge in [0.05, 0.1) is 20.3 Å². The van der Waals surface area contributed by atoms with Gasteiger partial charge in [0.25, 0.3) is 0 Å². The molecule has 0 aliphatic carbocycles. The molecular weight excluding hydrogens is 422 g/mol. The average molecular weight is 433 g/mol. The number of anilines is 1. The van der Waals surface area contributed by atoms with E-state index in [9.17, 15) is 9.18 Å². The van der Waals surface area contributed by atoms with Crippen molar-refractivity contribution in [3.8, 4) is 11.3 Å². The third-order valence-corrected chi connectivity index (χ3v) is 5.58. The van der Waals surface area contributed by atoms with E-state index >= 15 is 0 Å². The van der Waals surface area contributed by atoms with Crippen molar-refractivity contribution in [2.75, 3.05) is 5.32 Å². The van der Waals surface area contributed by atoms with Crippen molar-refractivity contribution in [1.82, 2.24) is 4.98 Å². The van der Waals surface area contributed by atoms with E-state index in [2.05, 4.69) is 10.3 Å². The molecular formula is C20H11Cl2FN2O2S. The Labute approximate surface area is 173 Å². The highest BCUT2D eigenvalue weighted by atomic mass is 35.5. The van der Waals surface area contributed by atoms with Crippen LogP contribution in [0.3, 0.4) is 0 Å². The van der Waals surface area contributed by atoms with Gasteiger partial charge in [0.2, 0.25) is 5.91 Å². The topological polar surface area (TPSA) is 55.1 Å². The Morgan fingerprint density at radius 1 is 1.18 bits per heavy atom. The minimum atomic E-state index is -0.377. The number of hydrogen-bond acceptors (Lipinski definition) is 4. The molecule has 0 unspecified atom stereocenters. The minimum absolute atomic E-state index is 0.345. The molecule has 0 atom stereocenters. The number of aromatic nitrogens is 1. The number of carbonyl (C=O) groups is 1. The van der Waals surface area contributed by atoms with Crippen LogP contribution in [-0.2, 0) is 4.79 Å². The van der Waals surface area contributed by atoms with Gasteiger partial charge in [-0.3, -0.25) is 10.1 Å². The zero-order chi connectivity index (χ0) is 19.7. The van der Waals surface area contributed by atoms with Crippen molar-refractivity contribution in [3.63, 3.8) is 0 Å². The summed E-state index contributed by atoms with van der Waals surface area (Å²) in [4.78, 5) is 16.4. The van der Waals surface area contributed by atoms with Gasteiger partial charge >= 0.3 is 0 Å². The molecule has 28 heavy (non-hydrogen) atoms. The lowest BCUT2D eigenvalue weighted by Crippen LogP contribution is -2.07. The summed E-state index contributed by atoms with van der Waals surface area (Å²) < 4.78 is 19.6.